The molecule has 0 unspecified atom stereocenters. The molecule has 0 aliphatic carbocycles. The fourth-order valence-corrected chi connectivity index (χ4v) is 2.96. The van der Waals surface area contributed by atoms with Gasteiger partial charge in [-0.3, -0.25) is 0 Å². The molecule has 0 atom stereocenters. The summed E-state index contributed by atoms with van der Waals surface area (Å²) >= 11 is 0. The zero-order valence-corrected chi connectivity index (χ0v) is 14.3. The van der Waals surface area contributed by atoms with Crippen LogP contribution in [0.15, 0.2) is 48.5 Å². The fourth-order valence-electron chi connectivity index (χ4n) is 2.96. The Labute approximate surface area is 150 Å². The van der Waals surface area contributed by atoms with Crippen LogP contribution in [0.4, 0.5) is 5.95 Å². The van der Waals surface area contributed by atoms with Crippen molar-refractivity contribution in [3.63, 3.8) is 0 Å². The normalized spacial score (nSPS) is 11.0. The first-order valence-electron chi connectivity index (χ1n) is 8.36. The number of nitrogen functional groups attached to an aromatic ring is 1. The Morgan fingerprint density at radius 1 is 1.04 bits per heavy atom. The third-order valence-corrected chi connectivity index (χ3v) is 4.21. The van der Waals surface area contributed by atoms with Gasteiger partial charge in [-0.05, 0) is 27.1 Å². The lowest BCUT2D eigenvalue weighted by Gasteiger charge is -2.09. The van der Waals surface area contributed by atoms with E-state index in [2.05, 4.69) is 61.0 Å². The van der Waals surface area contributed by atoms with Crippen molar-refractivity contribution in [1.29, 1.82) is 0 Å². The number of benzene rings is 2. The second-order valence-electron chi connectivity index (χ2n) is 5.89. The Morgan fingerprint density at radius 3 is 2.50 bits per heavy atom. The van der Waals surface area contributed by atoms with E-state index < -0.39 is 0 Å². The molecule has 130 valence electrons. The Morgan fingerprint density at radius 2 is 1.81 bits per heavy atom. The van der Waals surface area contributed by atoms with Gasteiger partial charge in [-0.15, -0.1) is 10.2 Å². The lowest BCUT2D eigenvalue weighted by Crippen LogP contribution is -2.06. The lowest BCUT2D eigenvalue weighted by molar-refractivity contribution is 0.645. The third-order valence-electron chi connectivity index (χ3n) is 4.21. The molecule has 4 aromatic rings. The topological polar surface area (TPSA) is 111 Å². The van der Waals surface area contributed by atoms with Gasteiger partial charge in [0.2, 0.25) is 5.95 Å². The number of aryl methyl sites for hydroxylation is 1. The maximum absolute atomic E-state index is 5.71. The predicted octanol–water partition coefficient (Wildman–Crippen LogP) is 2.32. The summed E-state index contributed by atoms with van der Waals surface area (Å²) in [6.45, 7) is 2.68. The molecule has 0 radical (unpaired) electrons. The first-order valence-corrected chi connectivity index (χ1v) is 8.36. The van der Waals surface area contributed by atoms with Crippen LogP contribution in [0.1, 0.15) is 18.3 Å². The van der Waals surface area contributed by atoms with Crippen molar-refractivity contribution in [2.45, 2.75) is 19.9 Å². The molecule has 3 N–H and O–H groups in total. The standard InChI is InChI=1S/C18H18N8/c1-2-16-20-18(19)23-26(16)11-12-7-9-13(10-8-12)14-5-3-4-6-15(14)17-21-24-25-22-17/h3-10H,2,11H2,1H3,(H2,19,23)(H,21,22,24,25). The molecule has 0 aliphatic heterocycles. The number of nitrogens with one attached hydrogen (secondary N) is 1. The SMILES string of the molecule is CCc1nc(N)nn1Cc1ccc(-c2ccccc2-c2nnn[nH]2)cc1. The van der Waals surface area contributed by atoms with Crippen LogP contribution in [0.3, 0.4) is 0 Å². The van der Waals surface area contributed by atoms with Crippen molar-refractivity contribution in [1.82, 2.24) is 35.4 Å². The summed E-state index contributed by atoms with van der Waals surface area (Å²) in [6, 6.07) is 16.4. The molecule has 0 amide bonds. The Kier molecular flexibility index (Phi) is 4.14. The second kappa shape index (κ2) is 6.75. The smallest absolute Gasteiger partial charge is 0.239 e. The quantitative estimate of drug-likeness (QED) is 0.573. The molecule has 2 aromatic carbocycles. The number of aromatic amines is 1. The summed E-state index contributed by atoms with van der Waals surface area (Å²) in [5, 5.41) is 18.4. The van der Waals surface area contributed by atoms with E-state index in [-0.39, 0.29) is 0 Å². The maximum Gasteiger partial charge on any atom is 0.239 e. The van der Waals surface area contributed by atoms with Gasteiger partial charge in [0, 0.05) is 12.0 Å². The fraction of sp³-hybridized carbons (Fsp3) is 0.167. The molecule has 4 rings (SSSR count). The molecule has 0 bridgehead atoms. The van der Waals surface area contributed by atoms with E-state index in [1.165, 1.54) is 0 Å². The molecule has 2 heterocycles. The molecule has 0 spiro atoms. The van der Waals surface area contributed by atoms with E-state index in [4.69, 9.17) is 5.73 Å². The van der Waals surface area contributed by atoms with Crippen molar-refractivity contribution in [3.8, 4) is 22.5 Å². The van der Waals surface area contributed by atoms with Crippen LogP contribution in [0.2, 0.25) is 0 Å². The highest BCUT2D eigenvalue weighted by Gasteiger charge is 2.11. The number of hydrogen-bond acceptors (Lipinski definition) is 6. The van der Waals surface area contributed by atoms with Gasteiger partial charge < -0.3 is 5.73 Å². The van der Waals surface area contributed by atoms with Gasteiger partial charge in [0.1, 0.15) is 5.82 Å². The average molecular weight is 346 g/mol. The lowest BCUT2D eigenvalue weighted by atomic mass is 9.98. The molecular weight excluding hydrogens is 328 g/mol. The van der Waals surface area contributed by atoms with E-state index in [1.807, 2.05) is 29.8 Å². The van der Waals surface area contributed by atoms with Gasteiger partial charge in [-0.25, -0.2) is 9.78 Å². The van der Waals surface area contributed by atoms with Gasteiger partial charge in [0.15, 0.2) is 5.82 Å². The molecule has 0 aliphatic rings. The van der Waals surface area contributed by atoms with Gasteiger partial charge in [0.05, 0.1) is 6.54 Å². The third kappa shape index (κ3) is 3.04. The highest BCUT2D eigenvalue weighted by atomic mass is 15.5. The number of anilines is 1. The minimum Gasteiger partial charge on any atom is -0.366 e. The summed E-state index contributed by atoms with van der Waals surface area (Å²) in [5.41, 5.74) is 9.96. The zero-order valence-electron chi connectivity index (χ0n) is 14.3. The highest BCUT2D eigenvalue weighted by molar-refractivity contribution is 5.80. The highest BCUT2D eigenvalue weighted by Crippen LogP contribution is 2.29. The molecule has 26 heavy (non-hydrogen) atoms. The molecule has 8 heteroatoms. The predicted molar refractivity (Wildman–Crippen MR) is 98.0 cm³/mol. The Bertz CT molecular complexity index is 1000. The number of H-pyrrole nitrogens is 1. The average Bonchev–Trinajstić information content (AvgIpc) is 3.32. The molecule has 8 nitrogen and oxygen atoms in total. The molecular formula is C18H18N8. The van der Waals surface area contributed by atoms with E-state index in [9.17, 15) is 0 Å². The first kappa shape index (κ1) is 15.9. The van der Waals surface area contributed by atoms with Gasteiger partial charge >= 0.3 is 0 Å². The first-order chi connectivity index (χ1) is 12.7. The molecule has 0 fully saturated rings. The molecule has 0 saturated carbocycles. The van der Waals surface area contributed by atoms with Crippen LogP contribution in [0.25, 0.3) is 22.5 Å². The number of nitrogens with two attached hydrogens (primary N) is 1. The van der Waals surface area contributed by atoms with E-state index in [0.29, 0.717) is 18.3 Å². The number of aromatic nitrogens is 7. The number of tetrazole rings is 1. The number of hydrogen-bond donors (Lipinski definition) is 2. The van der Waals surface area contributed by atoms with Crippen molar-refractivity contribution >= 4 is 5.95 Å². The van der Waals surface area contributed by atoms with Gasteiger partial charge in [-0.2, -0.15) is 4.98 Å². The summed E-state index contributed by atoms with van der Waals surface area (Å²) in [6.07, 6.45) is 0.793. The number of rotatable bonds is 5. The minimum absolute atomic E-state index is 0.313. The monoisotopic (exact) mass is 346 g/mol. The zero-order chi connectivity index (χ0) is 17.9. The van der Waals surface area contributed by atoms with E-state index in [1.54, 1.807) is 0 Å². The maximum atomic E-state index is 5.71. The van der Waals surface area contributed by atoms with Crippen LogP contribution in [0.5, 0.6) is 0 Å². The Balaban J connectivity index is 1.63. The summed E-state index contributed by atoms with van der Waals surface area (Å²) in [4.78, 5) is 4.24. The van der Waals surface area contributed by atoms with Crippen LogP contribution < -0.4 is 5.73 Å². The van der Waals surface area contributed by atoms with Crippen molar-refractivity contribution < 1.29 is 0 Å². The van der Waals surface area contributed by atoms with Crippen LogP contribution >= 0.6 is 0 Å². The van der Waals surface area contributed by atoms with Crippen LogP contribution in [-0.4, -0.2) is 35.4 Å². The van der Waals surface area contributed by atoms with Gasteiger partial charge in [-0.1, -0.05) is 55.5 Å². The summed E-state index contributed by atoms with van der Waals surface area (Å²) in [5.74, 6) is 1.85. The summed E-state index contributed by atoms with van der Waals surface area (Å²) < 4.78 is 1.85. The van der Waals surface area contributed by atoms with Crippen molar-refractivity contribution in [2.24, 2.45) is 0 Å². The molecule has 2 aromatic heterocycles. The van der Waals surface area contributed by atoms with E-state index in [0.717, 1.165) is 34.5 Å². The number of nitrogens with zero attached hydrogens (tertiary/aromatic N) is 6. The van der Waals surface area contributed by atoms with Crippen molar-refractivity contribution in [3.05, 3.63) is 59.9 Å². The van der Waals surface area contributed by atoms with E-state index >= 15 is 0 Å². The largest absolute Gasteiger partial charge is 0.366 e. The van der Waals surface area contributed by atoms with Crippen molar-refractivity contribution in [2.75, 3.05) is 5.73 Å². The molecule has 0 saturated heterocycles. The Hall–Kier alpha value is -3.55. The second-order valence-corrected chi connectivity index (χ2v) is 5.89. The van der Waals surface area contributed by atoms with Gasteiger partial charge in [0.25, 0.3) is 0 Å². The minimum atomic E-state index is 0.313. The summed E-state index contributed by atoms with van der Waals surface area (Å²) in [7, 11) is 0. The van der Waals surface area contributed by atoms with Crippen LogP contribution in [0, 0.1) is 0 Å². The van der Waals surface area contributed by atoms with Crippen LogP contribution in [-0.2, 0) is 13.0 Å².